The highest BCUT2D eigenvalue weighted by atomic mass is 16.6. The van der Waals surface area contributed by atoms with Crippen molar-refractivity contribution in [2.45, 2.75) is 316 Å². The summed E-state index contributed by atoms with van der Waals surface area (Å²) < 4.78 is 47.7. The lowest BCUT2D eigenvalue weighted by Gasteiger charge is -2.44. The molecule has 0 bridgehead atoms. The number of likely N-dealkylation sites (N-methyl/N-ethyl adjacent to an activating group) is 2. The van der Waals surface area contributed by atoms with E-state index in [1.165, 1.54) is 85.6 Å². The number of likely N-dealkylation sites (tertiary alicyclic amines) is 7. The Morgan fingerprint density at radius 1 is 0.247 bits per heavy atom. The van der Waals surface area contributed by atoms with E-state index in [9.17, 15) is 33.6 Å². The van der Waals surface area contributed by atoms with Gasteiger partial charge in [-0.15, -0.1) is 0 Å². The molecule has 0 radical (unpaired) electrons. The highest BCUT2D eigenvalue weighted by molar-refractivity contribution is 5.78. The first-order valence-corrected chi connectivity index (χ1v) is 58.7. The SMILES string of the molecule is CC(C)(C)N1CCC(C(=O)OCCN2CCOCC2)CC1.CC1(C(=O)OCCN2CCOCC2)CCN(C(C)(C)C)CC1.CCOC(=O)C1(C)CCN(CCN2CCN(C(C)(C)C)CC2)CC1.CCOC(=O)C1CCN(CCN2CCN(C(C)(C)C)CC2)CC1.CN(C)CCOC(=O)C1(C)CCN(C(C)(C)C)CC1.CN(C)CCOC(=O)C1CCN(C(C)(C)C)CC1.COC(=O)C1(C)CCN(CCN2CCN(C(C)(C)C)CC2)CC1. The number of piperazine rings is 3. The Hall–Kier alpha value is -4.47. The van der Waals surface area contributed by atoms with Crippen LogP contribution in [0.3, 0.4) is 0 Å². The van der Waals surface area contributed by atoms with Crippen LogP contribution in [0.2, 0.25) is 0 Å². The number of carbonyl (C=O) groups is 7. The van der Waals surface area contributed by atoms with Crippen molar-refractivity contribution < 1.29 is 76.2 Å². The van der Waals surface area contributed by atoms with E-state index in [0.29, 0.717) is 45.2 Å². The smallest absolute Gasteiger partial charge is 0.311 e. The third-order valence-electron chi connectivity index (χ3n) is 34.0. The molecule has 0 N–H and O–H groups in total. The first kappa shape index (κ1) is 134. The fourth-order valence-electron chi connectivity index (χ4n) is 21.7. The lowest BCUT2D eigenvalue weighted by atomic mass is 9.79. The van der Waals surface area contributed by atoms with Crippen LogP contribution in [-0.2, 0) is 76.2 Å². The van der Waals surface area contributed by atoms with Gasteiger partial charge in [-0.05, 0) is 397 Å². The summed E-state index contributed by atoms with van der Waals surface area (Å²) in [5.41, 5.74) is 0.493. The lowest BCUT2D eigenvalue weighted by Crippen LogP contribution is -2.54. The van der Waals surface area contributed by atoms with Crippen molar-refractivity contribution in [2.24, 2.45) is 39.4 Å². The molecule has 0 aliphatic carbocycles. The van der Waals surface area contributed by atoms with Crippen LogP contribution in [0.1, 0.15) is 277 Å². The third-order valence-corrected chi connectivity index (χ3v) is 34.0. The Morgan fingerprint density at radius 2 is 0.453 bits per heavy atom. The average Bonchev–Trinajstić information content (AvgIpc) is 0.810. The lowest BCUT2D eigenvalue weighted by molar-refractivity contribution is -0.159. The molecule has 12 rings (SSSR count). The maximum absolute atomic E-state index is 12.4. The van der Waals surface area contributed by atoms with Crippen LogP contribution in [0.4, 0.5) is 0 Å². The minimum Gasteiger partial charge on any atom is -0.469 e. The molecular weight excluding hydrogens is 1900 g/mol. The van der Waals surface area contributed by atoms with Crippen molar-refractivity contribution in [3.8, 4) is 0 Å². The summed E-state index contributed by atoms with van der Waals surface area (Å²) >= 11 is 0. The fourth-order valence-corrected chi connectivity index (χ4v) is 21.7. The van der Waals surface area contributed by atoms with Crippen LogP contribution in [0.5, 0.6) is 0 Å². The number of esters is 7. The van der Waals surface area contributed by atoms with Gasteiger partial charge in [-0.1, -0.05) is 0 Å². The Morgan fingerprint density at radius 3 is 0.727 bits per heavy atom. The Bertz CT molecular complexity index is 3760. The van der Waals surface area contributed by atoms with E-state index < -0.39 is 0 Å². The number of ether oxygens (including phenoxy) is 9. The van der Waals surface area contributed by atoms with E-state index in [0.717, 1.165) is 300 Å². The molecular formula is C117H227N17O16. The monoisotopic (exact) mass is 2130 g/mol. The second-order valence-electron chi connectivity index (χ2n) is 53.3. The van der Waals surface area contributed by atoms with Crippen LogP contribution < -0.4 is 0 Å². The van der Waals surface area contributed by atoms with Gasteiger partial charge in [0.1, 0.15) is 26.4 Å². The molecule has 876 valence electrons. The first-order chi connectivity index (χ1) is 70.1. The van der Waals surface area contributed by atoms with Crippen LogP contribution in [0.15, 0.2) is 0 Å². The molecule has 12 heterocycles. The quantitative estimate of drug-likeness (QED) is 0.0478. The molecule has 12 fully saturated rings. The largest absolute Gasteiger partial charge is 0.469 e. The number of piperidine rings is 7. The standard InChI is InChI=1S/C19H37N3O2.2C18H35N3O2.C17H32N2O3.C16H30N2O3.C15H30N2O2.C14H28N2O2/c1-6-24-17(23)19(5)7-9-20(10-8-19)11-12-21-13-15-22(16-14-21)18(2,3)4;1-17(2,3)21-14-12-20(13-15-21)11-10-19-8-6-18(4,7-9-19)16(22)23-5;1-5-23-17(22)16-6-8-19(9-7-16)10-11-20-12-14-21(15-13-20)18(2,3)4;1-16(2,3)19-7-5-17(4,6-8-19)15(20)22-14-11-18-9-12-21-13-10-18;1-16(2,3)18-6-4-14(5-7-18)15(19)21-13-10-17-8-11-20-12-9-17;1-14(2,3)17-9-7-15(4,8-10-17)13(18)19-12-11-16(5)6;1-14(2,3)16-8-6-12(7-9-16)13(17)18-11-10-15(4)5/h6-16H2,1-5H3;6-15H2,1-5H3;16H,5-15H2,1-4H3;5-14H2,1-4H3;14H,4-13H2,1-3H3;7-12H2,1-6H3;12H,6-11H2,1-5H3. The van der Waals surface area contributed by atoms with Gasteiger partial charge in [0.15, 0.2) is 0 Å². The number of methoxy groups -OCH3 is 1. The molecule has 33 heteroatoms. The van der Waals surface area contributed by atoms with Crippen molar-refractivity contribution in [2.75, 3.05) is 363 Å². The molecule has 0 aromatic heterocycles. The maximum Gasteiger partial charge on any atom is 0.311 e. The van der Waals surface area contributed by atoms with Gasteiger partial charge in [0, 0.05) is 209 Å². The summed E-state index contributed by atoms with van der Waals surface area (Å²) in [5.74, 6) is 0.212. The second kappa shape index (κ2) is 64.1. The molecule has 0 aromatic carbocycles. The summed E-state index contributed by atoms with van der Waals surface area (Å²) in [4.78, 5) is 126. The number of nitrogens with zero attached hydrogens (tertiary/aromatic N) is 17. The van der Waals surface area contributed by atoms with Crippen molar-refractivity contribution >= 4 is 41.8 Å². The molecule has 12 saturated heterocycles. The molecule has 0 spiro atoms. The minimum atomic E-state index is -0.313. The summed E-state index contributed by atoms with van der Waals surface area (Å²) in [6.07, 6.45) is 12.9. The van der Waals surface area contributed by atoms with E-state index in [4.69, 9.17) is 42.6 Å². The maximum atomic E-state index is 12.4. The van der Waals surface area contributed by atoms with Gasteiger partial charge in [-0.3, -0.25) is 92.4 Å². The average molecular weight is 2130 g/mol. The van der Waals surface area contributed by atoms with E-state index in [-0.39, 0.29) is 114 Å². The number of carbonyl (C=O) groups excluding carboxylic acids is 7. The highest BCUT2D eigenvalue weighted by Gasteiger charge is 2.46. The van der Waals surface area contributed by atoms with Gasteiger partial charge >= 0.3 is 41.8 Å². The van der Waals surface area contributed by atoms with Crippen LogP contribution in [-0.4, -0.2) is 527 Å². The van der Waals surface area contributed by atoms with Crippen molar-refractivity contribution in [1.29, 1.82) is 0 Å². The molecule has 12 aliphatic heterocycles. The zero-order valence-electron chi connectivity index (χ0n) is 102. The minimum absolute atomic E-state index is 0.00295. The van der Waals surface area contributed by atoms with E-state index >= 15 is 0 Å². The molecule has 0 unspecified atom stereocenters. The van der Waals surface area contributed by atoms with Crippen molar-refractivity contribution in [3.05, 3.63) is 0 Å². The predicted molar refractivity (Wildman–Crippen MR) is 606 cm³/mol. The normalized spacial score (nSPS) is 22.9. The number of morpholine rings is 2. The summed E-state index contributed by atoms with van der Waals surface area (Å²) in [6.45, 7) is 107. The molecule has 0 atom stereocenters. The molecule has 0 saturated carbocycles. The number of hydrogen-bond donors (Lipinski definition) is 0. The van der Waals surface area contributed by atoms with Crippen LogP contribution >= 0.6 is 0 Å². The van der Waals surface area contributed by atoms with Gasteiger partial charge in [0.25, 0.3) is 0 Å². The van der Waals surface area contributed by atoms with Gasteiger partial charge in [0.05, 0.1) is 86.2 Å². The van der Waals surface area contributed by atoms with Gasteiger partial charge in [-0.25, -0.2) is 0 Å². The predicted octanol–water partition coefficient (Wildman–Crippen LogP) is 12.2. The van der Waals surface area contributed by atoms with E-state index in [1.807, 2.05) is 65.7 Å². The van der Waals surface area contributed by atoms with Gasteiger partial charge in [0.2, 0.25) is 0 Å². The fraction of sp³-hybridized carbons (Fsp3) is 0.940. The van der Waals surface area contributed by atoms with E-state index in [1.54, 1.807) is 0 Å². The second-order valence-corrected chi connectivity index (χ2v) is 53.3. The molecule has 0 aromatic rings. The zero-order chi connectivity index (χ0) is 112. The van der Waals surface area contributed by atoms with E-state index in [2.05, 4.69) is 233 Å². The molecule has 12 aliphatic rings. The van der Waals surface area contributed by atoms with Gasteiger partial charge in [-0.2, -0.15) is 0 Å². The number of hydrogen-bond acceptors (Lipinski definition) is 33. The van der Waals surface area contributed by atoms with Crippen molar-refractivity contribution in [1.82, 2.24) is 83.3 Å². The topological polar surface area (TPSA) is 258 Å². The number of rotatable bonds is 30. The molecule has 33 nitrogen and oxygen atoms in total. The van der Waals surface area contributed by atoms with Crippen LogP contribution in [0.25, 0.3) is 0 Å². The Labute approximate surface area is 914 Å². The molecule has 0 amide bonds. The highest BCUT2D eigenvalue weighted by Crippen LogP contribution is 2.39. The Kier molecular flexibility index (Phi) is 57.3. The summed E-state index contributed by atoms with van der Waals surface area (Å²) in [5, 5.41) is 0. The van der Waals surface area contributed by atoms with Crippen LogP contribution in [0, 0.1) is 39.4 Å². The third kappa shape index (κ3) is 48.8. The summed E-state index contributed by atoms with van der Waals surface area (Å²) in [7, 11) is 9.43. The zero-order valence-corrected chi connectivity index (χ0v) is 102. The van der Waals surface area contributed by atoms with Crippen molar-refractivity contribution in [3.63, 3.8) is 0 Å². The Balaban J connectivity index is 0.000000267. The van der Waals surface area contributed by atoms with Gasteiger partial charge < -0.3 is 67.1 Å². The summed E-state index contributed by atoms with van der Waals surface area (Å²) in [6, 6.07) is 0. The molecule has 150 heavy (non-hydrogen) atoms. The first-order valence-electron chi connectivity index (χ1n) is 58.7.